The van der Waals surface area contributed by atoms with E-state index in [1.165, 1.54) is 0 Å². The molecule has 1 aliphatic rings. The van der Waals surface area contributed by atoms with Crippen LogP contribution >= 0.6 is 11.6 Å². The Bertz CT molecular complexity index is 674. The fourth-order valence-corrected chi connectivity index (χ4v) is 3.06. The van der Waals surface area contributed by atoms with Gasteiger partial charge in [0.2, 0.25) is 0 Å². The molecule has 21 heavy (non-hydrogen) atoms. The zero-order chi connectivity index (χ0) is 14.8. The van der Waals surface area contributed by atoms with Gasteiger partial charge in [-0.25, -0.2) is 4.98 Å². The Morgan fingerprint density at radius 1 is 1.29 bits per heavy atom. The summed E-state index contributed by atoms with van der Waals surface area (Å²) >= 11 is 6.14. The number of aliphatic hydroxyl groups is 1. The molecule has 2 unspecified atom stereocenters. The highest BCUT2D eigenvalue weighted by Gasteiger charge is 2.25. The Labute approximate surface area is 128 Å². The number of nitrogens with one attached hydrogen (secondary N) is 1. The van der Waals surface area contributed by atoms with Gasteiger partial charge in [-0.05, 0) is 24.3 Å². The number of pyridine rings is 1. The van der Waals surface area contributed by atoms with Crippen LogP contribution in [-0.2, 0) is 0 Å². The van der Waals surface area contributed by atoms with Crippen LogP contribution in [0, 0.1) is 0 Å². The van der Waals surface area contributed by atoms with Crippen LogP contribution in [0.15, 0.2) is 30.3 Å². The predicted octanol–water partition coefficient (Wildman–Crippen LogP) is 2.92. The molecule has 3 rings (SSSR count). The van der Waals surface area contributed by atoms with Crippen molar-refractivity contribution in [3.63, 3.8) is 0 Å². The van der Waals surface area contributed by atoms with Gasteiger partial charge in [-0.3, -0.25) is 4.79 Å². The Kier molecular flexibility index (Phi) is 4.08. The molecule has 1 fully saturated rings. The summed E-state index contributed by atoms with van der Waals surface area (Å²) in [5.41, 5.74) is 0.288. The van der Waals surface area contributed by atoms with E-state index < -0.39 is 6.10 Å². The third kappa shape index (κ3) is 3.01. The van der Waals surface area contributed by atoms with Crippen LogP contribution in [0.5, 0.6) is 0 Å². The Balaban J connectivity index is 1.84. The van der Waals surface area contributed by atoms with E-state index in [0.29, 0.717) is 5.15 Å². The maximum atomic E-state index is 12.3. The van der Waals surface area contributed by atoms with E-state index in [1.54, 1.807) is 6.07 Å². The van der Waals surface area contributed by atoms with Crippen molar-refractivity contribution in [2.75, 3.05) is 0 Å². The molecule has 1 aromatic heterocycles. The first kappa shape index (κ1) is 14.3. The summed E-state index contributed by atoms with van der Waals surface area (Å²) in [4.78, 5) is 16.5. The Morgan fingerprint density at radius 2 is 2.05 bits per heavy atom. The van der Waals surface area contributed by atoms with Crippen molar-refractivity contribution in [3.05, 3.63) is 41.2 Å². The van der Waals surface area contributed by atoms with Crippen molar-refractivity contribution in [2.45, 2.75) is 37.8 Å². The molecule has 1 aromatic carbocycles. The van der Waals surface area contributed by atoms with Crippen molar-refractivity contribution in [2.24, 2.45) is 0 Å². The molecule has 0 aliphatic heterocycles. The lowest BCUT2D eigenvalue weighted by Crippen LogP contribution is -2.45. The first-order valence-electron chi connectivity index (χ1n) is 7.19. The lowest BCUT2D eigenvalue weighted by Gasteiger charge is -2.28. The number of aromatic nitrogens is 1. The summed E-state index contributed by atoms with van der Waals surface area (Å²) in [7, 11) is 0. The molecule has 110 valence electrons. The Morgan fingerprint density at radius 3 is 2.86 bits per heavy atom. The molecule has 0 radical (unpaired) electrons. The SMILES string of the molecule is O=C(NC1CCCCC1O)c1cc2ccccc2c(Cl)n1. The first-order valence-corrected chi connectivity index (χ1v) is 7.57. The molecule has 2 N–H and O–H groups in total. The average Bonchev–Trinajstić information content (AvgIpc) is 2.49. The highest BCUT2D eigenvalue weighted by molar-refractivity contribution is 6.34. The standard InChI is InChI=1S/C16H17ClN2O2/c17-15-11-6-2-1-5-10(11)9-13(18-15)16(21)19-12-7-3-4-8-14(12)20/h1-2,5-6,9,12,14,20H,3-4,7-8H2,(H,19,21). The smallest absolute Gasteiger partial charge is 0.270 e. The lowest BCUT2D eigenvalue weighted by atomic mass is 9.92. The molecular formula is C16H17ClN2O2. The summed E-state index contributed by atoms with van der Waals surface area (Å²) in [5, 5.41) is 14.8. The zero-order valence-electron chi connectivity index (χ0n) is 11.6. The second kappa shape index (κ2) is 6.00. The van der Waals surface area contributed by atoms with Gasteiger partial charge in [0.25, 0.3) is 5.91 Å². The molecule has 2 aromatic rings. The van der Waals surface area contributed by atoms with Crippen LogP contribution in [0.1, 0.15) is 36.2 Å². The average molecular weight is 305 g/mol. The van der Waals surface area contributed by atoms with Crippen molar-refractivity contribution in [3.8, 4) is 0 Å². The fourth-order valence-electron chi connectivity index (χ4n) is 2.79. The number of rotatable bonds is 2. The highest BCUT2D eigenvalue weighted by Crippen LogP contribution is 2.23. The quantitative estimate of drug-likeness (QED) is 0.839. The number of amides is 1. The summed E-state index contributed by atoms with van der Waals surface area (Å²) in [6, 6.07) is 9.08. The number of nitrogens with zero attached hydrogens (tertiary/aromatic N) is 1. The monoisotopic (exact) mass is 304 g/mol. The molecule has 0 saturated heterocycles. The van der Waals surface area contributed by atoms with Gasteiger partial charge in [0.15, 0.2) is 0 Å². The van der Waals surface area contributed by atoms with Gasteiger partial charge in [-0.1, -0.05) is 48.7 Å². The van der Waals surface area contributed by atoms with E-state index in [-0.39, 0.29) is 17.6 Å². The molecule has 1 heterocycles. The van der Waals surface area contributed by atoms with E-state index in [4.69, 9.17) is 11.6 Å². The number of carbonyl (C=O) groups excluding carboxylic acids is 1. The minimum atomic E-state index is -0.473. The van der Waals surface area contributed by atoms with Crippen LogP contribution in [0.2, 0.25) is 5.15 Å². The summed E-state index contributed by atoms with van der Waals surface area (Å²) < 4.78 is 0. The van der Waals surface area contributed by atoms with E-state index in [2.05, 4.69) is 10.3 Å². The maximum Gasteiger partial charge on any atom is 0.270 e. The number of halogens is 1. The molecule has 4 nitrogen and oxygen atoms in total. The second-order valence-corrected chi connectivity index (χ2v) is 5.81. The largest absolute Gasteiger partial charge is 0.391 e. The van der Waals surface area contributed by atoms with Gasteiger partial charge in [0.1, 0.15) is 10.8 Å². The second-order valence-electron chi connectivity index (χ2n) is 5.45. The normalized spacial score (nSPS) is 22.2. The molecular weight excluding hydrogens is 288 g/mol. The van der Waals surface area contributed by atoms with E-state index >= 15 is 0 Å². The minimum absolute atomic E-state index is 0.196. The minimum Gasteiger partial charge on any atom is -0.391 e. The number of hydrogen-bond acceptors (Lipinski definition) is 3. The maximum absolute atomic E-state index is 12.3. The molecule has 2 atom stereocenters. The number of aliphatic hydroxyl groups excluding tert-OH is 1. The van der Waals surface area contributed by atoms with Gasteiger partial charge < -0.3 is 10.4 Å². The van der Waals surface area contributed by atoms with Gasteiger partial charge in [-0.2, -0.15) is 0 Å². The van der Waals surface area contributed by atoms with Crippen LogP contribution in [-0.4, -0.2) is 28.1 Å². The van der Waals surface area contributed by atoms with Gasteiger partial charge in [0.05, 0.1) is 12.1 Å². The molecule has 0 spiro atoms. The van der Waals surface area contributed by atoms with E-state index in [0.717, 1.165) is 36.5 Å². The van der Waals surface area contributed by atoms with Crippen LogP contribution in [0.4, 0.5) is 0 Å². The fraction of sp³-hybridized carbons (Fsp3) is 0.375. The van der Waals surface area contributed by atoms with Crippen LogP contribution in [0.25, 0.3) is 10.8 Å². The van der Waals surface area contributed by atoms with Crippen LogP contribution in [0.3, 0.4) is 0 Å². The lowest BCUT2D eigenvalue weighted by molar-refractivity contribution is 0.0714. The third-order valence-electron chi connectivity index (χ3n) is 3.97. The predicted molar refractivity (Wildman–Crippen MR) is 82.5 cm³/mol. The van der Waals surface area contributed by atoms with Gasteiger partial charge >= 0.3 is 0 Å². The number of benzene rings is 1. The molecule has 5 heteroatoms. The first-order chi connectivity index (χ1) is 10.1. The topological polar surface area (TPSA) is 62.2 Å². The number of hydrogen-bond donors (Lipinski definition) is 2. The van der Waals surface area contributed by atoms with Gasteiger partial charge in [0, 0.05) is 5.39 Å². The summed E-state index contributed by atoms with van der Waals surface area (Å²) in [6.07, 6.45) is 3.09. The summed E-state index contributed by atoms with van der Waals surface area (Å²) in [5.74, 6) is -0.284. The zero-order valence-corrected chi connectivity index (χ0v) is 12.3. The summed E-state index contributed by atoms with van der Waals surface area (Å²) in [6.45, 7) is 0. The van der Waals surface area contributed by atoms with Crippen molar-refractivity contribution >= 4 is 28.3 Å². The molecule has 1 amide bonds. The molecule has 1 saturated carbocycles. The van der Waals surface area contributed by atoms with Crippen LogP contribution < -0.4 is 5.32 Å². The molecule has 0 bridgehead atoms. The van der Waals surface area contributed by atoms with E-state index in [9.17, 15) is 9.90 Å². The van der Waals surface area contributed by atoms with Crippen molar-refractivity contribution in [1.29, 1.82) is 0 Å². The molecule has 1 aliphatic carbocycles. The highest BCUT2D eigenvalue weighted by atomic mass is 35.5. The third-order valence-corrected chi connectivity index (χ3v) is 4.26. The number of fused-ring (bicyclic) bond motifs is 1. The van der Waals surface area contributed by atoms with E-state index in [1.807, 2.05) is 24.3 Å². The number of carbonyl (C=O) groups is 1. The van der Waals surface area contributed by atoms with Crippen molar-refractivity contribution < 1.29 is 9.90 Å². The van der Waals surface area contributed by atoms with Crippen molar-refractivity contribution in [1.82, 2.24) is 10.3 Å². The Hall–Kier alpha value is -1.65. The van der Waals surface area contributed by atoms with Gasteiger partial charge in [-0.15, -0.1) is 0 Å².